The summed E-state index contributed by atoms with van der Waals surface area (Å²) in [5.41, 5.74) is 7.74. The van der Waals surface area contributed by atoms with Gasteiger partial charge in [0.25, 0.3) is 0 Å². The van der Waals surface area contributed by atoms with Crippen molar-refractivity contribution >= 4 is 5.91 Å². The molecule has 0 radical (unpaired) electrons. The lowest BCUT2D eigenvalue weighted by atomic mass is 10.1. The minimum absolute atomic E-state index is 0.00870. The molecule has 124 valence electrons. The van der Waals surface area contributed by atoms with Crippen LogP contribution in [-0.2, 0) is 11.2 Å². The van der Waals surface area contributed by atoms with Crippen molar-refractivity contribution in [2.45, 2.75) is 38.6 Å². The number of hydrogen-bond donors (Lipinski definition) is 1. The molecule has 23 heavy (non-hydrogen) atoms. The number of aryl methyl sites for hydroxylation is 1. The van der Waals surface area contributed by atoms with E-state index in [9.17, 15) is 4.79 Å². The van der Waals surface area contributed by atoms with E-state index in [0.717, 1.165) is 42.7 Å². The largest absolute Gasteiger partial charge is 0.361 e. The zero-order valence-electron chi connectivity index (χ0n) is 13.9. The van der Waals surface area contributed by atoms with Crippen LogP contribution in [0, 0.1) is 0 Å². The number of hydrogen-bond acceptors (Lipinski definition) is 4. The van der Waals surface area contributed by atoms with Crippen molar-refractivity contribution in [1.82, 2.24) is 10.1 Å². The first-order valence-electron chi connectivity index (χ1n) is 8.13. The predicted molar refractivity (Wildman–Crippen MR) is 90.8 cm³/mol. The summed E-state index contributed by atoms with van der Waals surface area (Å²) in [5, 5.41) is 4.10. The molecule has 1 atom stereocenters. The monoisotopic (exact) mass is 315 g/mol. The van der Waals surface area contributed by atoms with Gasteiger partial charge in [0, 0.05) is 31.6 Å². The molecule has 1 amide bonds. The molecule has 5 heteroatoms. The van der Waals surface area contributed by atoms with Crippen LogP contribution in [0.3, 0.4) is 0 Å². The molecule has 1 aromatic carbocycles. The summed E-state index contributed by atoms with van der Waals surface area (Å²) in [4.78, 5) is 13.7. The Hall–Kier alpha value is -2.14. The molecule has 0 aliphatic carbocycles. The predicted octanol–water partition coefficient (Wildman–Crippen LogP) is 2.86. The maximum absolute atomic E-state index is 12.0. The molecule has 1 aromatic heterocycles. The van der Waals surface area contributed by atoms with Crippen LogP contribution < -0.4 is 5.73 Å². The van der Waals surface area contributed by atoms with Gasteiger partial charge in [-0.15, -0.1) is 0 Å². The molecule has 0 spiro atoms. The van der Waals surface area contributed by atoms with Crippen LogP contribution in [0.25, 0.3) is 11.3 Å². The molecule has 0 bridgehead atoms. The topological polar surface area (TPSA) is 72.4 Å². The van der Waals surface area contributed by atoms with Gasteiger partial charge in [-0.25, -0.2) is 0 Å². The van der Waals surface area contributed by atoms with E-state index in [1.54, 1.807) is 11.9 Å². The number of benzene rings is 1. The number of carbonyl (C=O) groups is 1. The summed E-state index contributed by atoms with van der Waals surface area (Å²) >= 11 is 0. The molecule has 0 saturated heterocycles. The molecule has 5 nitrogen and oxygen atoms in total. The summed E-state index contributed by atoms with van der Waals surface area (Å²) in [5.74, 6) is 0.844. The van der Waals surface area contributed by atoms with Crippen molar-refractivity contribution in [3.05, 3.63) is 42.2 Å². The van der Waals surface area contributed by atoms with Gasteiger partial charge in [0.1, 0.15) is 11.5 Å². The van der Waals surface area contributed by atoms with Gasteiger partial charge in [-0.2, -0.15) is 0 Å². The van der Waals surface area contributed by atoms with Gasteiger partial charge in [0.15, 0.2) is 0 Å². The average Bonchev–Trinajstić information content (AvgIpc) is 3.04. The van der Waals surface area contributed by atoms with E-state index >= 15 is 0 Å². The maximum Gasteiger partial charge on any atom is 0.239 e. The van der Waals surface area contributed by atoms with Gasteiger partial charge in [-0.1, -0.05) is 48.8 Å². The molecular weight excluding hydrogens is 290 g/mol. The Bertz CT molecular complexity index is 610. The third kappa shape index (κ3) is 4.93. The van der Waals surface area contributed by atoms with Crippen molar-refractivity contribution < 1.29 is 9.32 Å². The Morgan fingerprint density at radius 3 is 2.78 bits per heavy atom. The highest BCUT2D eigenvalue weighted by Gasteiger charge is 2.16. The lowest BCUT2D eigenvalue weighted by Gasteiger charge is -2.20. The van der Waals surface area contributed by atoms with Crippen LogP contribution in [0.5, 0.6) is 0 Å². The Kier molecular flexibility index (Phi) is 6.35. The minimum Gasteiger partial charge on any atom is -0.361 e. The van der Waals surface area contributed by atoms with Crippen LogP contribution in [-0.4, -0.2) is 35.6 Å². The van der Waals surface area contributed by atoms with E-state index in [1.165, 1.54) is 0 Å². The summed E-state index contributed by atoms with van der Waals surface area (Å²) < 4.78 is 5.37. The molecule has 0 aliphatic rings. The van der Waals surface area contributed by atoms with Crippen molar-refractivity contribution in [3.63, 3.8) is 0 Å². The fourth-order valence-electron chi connectivity index (χ4n) is 2.49. The number of rotatable bonds is 8. The first-order valence-corrected chi connectivity index (χ1v) is 8.13. The fourth-order valence-corrected chi connectivity index (χ4v) is 2.49. The van der Waals surface area contributed by atoms with Gasteiger partial charge in [-0.3, -0.25) is 4.79 Å². The van der Waals surface area contributed by atoms with Crippen molar-refractivity contribution in [2.24, 2.45) is 5.73 Å². The fraction of sp³-hybridized carbons (Fsp3) is 0.444. The summed E-state index contributed by atoms with van der Waals surface area (Å²) in [6, 6.07) is 11.5. The molecule has 1 heterocycles. The first kappa shape index (κ1) is 17.2. The first-order chi connectivity index (χ1) is 11.1. The second-order valence-electron chi connectivity index (χ2n) is 5.80. The molecule has 0 saturated carbocycles. The Morgan fingerprint density at radius 1 is 1.35 bits per heavy atom. The lowest BCUT2D eigenvalue weighted by molar-refractivity contribution is -0.131. The summed E-state index contributed by atoms with van der Waals surface area (Å²) in [6.07, 6.45) is 3.22. The molecule has 2 N–H and O–H groups in total. The van der Waals surface area contributed by atoms with Crippen LogP contribution >= 0.6 is 0 Å². The van der Waals surface area contributed by atoms with Gasteiger partial charge < -0.3 is 15.2 Å². The third-order valence-electron chi connectivity index (χ3n) is 3.84. The Labute approximate surface area is 137 Å². The molecular formula is C18H25N3O2. The molecule has 1 unspecified atom stereocenters. The molecule has 0 aliphatic heterocycles. The number of likely N-dealkylation sites (N-methyl/N-ethyl adjacent to an activating group) is 1. The number of aromatic nitrogens is 1. The van der Waals surface area contributed by atoms with Crippen LogP contribution in [0.2, 0.25) is 0 Å². The smallest absolute Gasteiger partial charge is 0.239 e. The van der Waals surface area contributed by atoms with Crippen LogP contribution in [0.1, 0.15) is 31.9 Å². The van der Waals surface area contributed by atoms with E-state index in [1.807, 2.05) is 43.3 Å². The number of amides is 1. The van der Waals surface area contributed by atoms with Gasteiger partial charge in [0.05, 0.1) is 6.04 Å². The summed E-state index contributed by atoms with van der Waals surface area (Å²) in [6.45, 7) is 2.69. The highest BCUT2D eigenvalue weighted by Crippen LogP contribution is 2.19. The van der Waals surface area contributed by atoms with Crippen LogP contribution in [0.4, 0.5) is 0 Å². The highest BCUT2D eigenvalue weighted by atomic mass is 16.5. The third-order valence-corrected chi connectivity index (χ3v) is 3.84. The standard InChI is InChI=1S/C18H25N3O2/c1-3-8-16(19)18(22)21(2)12-7-11-15-13-17(20-23-15)14-9-5-4-6-10-14/h4-6,9-10,13,16H,3,7-8,11-12,19H2,1-2H3. The molecule has 2 aromatic rings. The van der Waals surface area contributed by atoms with E-state index in [-0.39, 0.29) is 11.9 Å². The molecule has 0 fully saturated rings. The Balaban J connectivity index is 1.81. The Morgan fingerprint density at radius 2 is 2.09 bits per heavy atom. The number of nitrogens with zero attached hydrogens (tertiary/aromatic N) is 2. The maximum atomic E-state index is 12.0. The normalized spacial score (nSPS) is 12.1. The van der Waals surface area contributed by atoms with Crippen LogP contribution in [0.15, 0.2) is 40.9 Å². The quantitative estimate of drug-likeness (QED) is 0.813. The summed E-state index contributed by atoms with van der Waals surface area (Å²) in [7, 11) is 1.80. The second kappa shape index (κ2) is 8.48. The van der Waals surface area contributed by atoms with E-state index < -0.39 is 0 Å². The van der Waals surface area contributed by atoms with Crippen molar-refractivity contribution in [1.29, 1.82) is 0 Å². The van der Waals surface area contributed by atoms with E-state index in [0.29, 0.717) is 6.54 Å². The molecule has 2 rings (SSSR count). The number of carbonyl (C=O) groups excluding carboxylic acids is 1. The van der Waals surface area contributed by atoms with E-state index in [4.69, 9.17) is 10.3 Å². The minimum atomic E-state index is -0.389. The van der Waals surface area contributed by atoms with Gasteiger partial charge in [-0.05, 0) is 12.8 Å². The van der Waals surface area contributed by atoms with Crippen molar-refractivity contribution in [2.75, 3.05) is 13.6 Å². The number of nitrogens with two attached hydrogens (primary N) is 1. The zero-order valence-corrected chi connectivity index (χ0v) is 13.9. The lowest BCUT2D eigenvalue weighted by Crippen LogP contribution is -2.42. The van der Waals surface area contributed by atoms with Gasteiger partial charge >= 0.3 is 0 Å². The van der Waals surface area contributed by atoms with Gasteiger partial charge in [0.2, 0.25) is 5.91 Å². The highest BCUT2D eigenvalue weighted by molar-refractivity contribution is 5.81. The SMILES string of the molecule is CCCC(N)C(=O)N(C)CCCc1cc(-c2ccccc2)no1. The van der Waals surface area contributed by atoms with Crippen molar-refractivity contribution in [3.8, 4) is 11.3 Å². The van der Waals surface area contributed by atoms with E-state index in [2.05, 4.69) is 5.16 Å². The average molecular weight is 315 g/mol. The zero-order chi connectivity index (χ0) is 16.7. The second-order valence-corrected chi connectivity index (χ2v) is 5.80.